The molecule has 2 unspecified atom stereocenters. The van der Waals surface area contributed by atoms with Crippen LogP contribution < -0.4 is 0 Å². The van der Waals surface area contributed by atoms with E-state index < -0.39 is 0 Å². The van der Waals surface area contributed by atoms with E-state index in [-0.39, 0.29) is 23.4 Å². The molecule has 1 heterocycles. The molecule has 0 N–H and O–H groups in total. The smallest absolute Gasteiger partial charge is 0.309 e. The predicted octanol–water partition coefficient (Wildman–Crippen LogP) is 1.59. The highest BCUT2D eigenvalue weighted by molar-refractivity contribution is 5.75. The van der Waals surface area contributed by atoms with Crippen molar-refractivity contribution in [3.8, 4) is 0 Å². The molecule has 1 saturated heterocycles. The Bertz CT molecular complexity index is 161. The van der Waals surface area contributed by atoms with E-state index in [1.807, 2.05) is 13.8 Å². The van der Waals surface area contributed by atoms with Gasteiger partial charge in [0.15, 0.2) is 0 Å². The maximum absolute atomic E-state index is 11.0. The summed E-state index contributed by atoms with van der Waals surface area (Å²) in [5.41, 5.74) is 0.0110. The lowest BCUT2D eigenvalue weighted by atomic mass is 9.78. The third kappa shape index (κ3) is 0.825. The van der Waals surface area contributed by atoms with E-state index in [9.17, 15) is 4.79 Å². The molecule has 1 aliphatic rings. The number of esters is 1. The monoisotopic (exact) mass is 142 g/mol. The molecule has 0 aromatic rings. The molecule has 2 atom stereocenters. The predicted molar refractivity (Wildman–Crippen MR) is 38.5 cm³/mol. The highest BCUT2D eigenvalue weighted by atomic mass is 16.6. The van der Waals surface area contributed by atoms with E-state index in [2.05, 4.69) is 13.8 Å². The number of hydrogen-bond donors (Lipinski definition) is 0. The van der Waals surface area contributed by atoms with Crippen LogP contribution in [-0.4, -0.2) is 12.1 Å². The Morgan fingerprint density at radius 2 is 1.90 bits per heavy atom. The number of cyclic esters (lactones) is 1. The van der Waals surface area contributed by atoms with Crippen LogP contribution >= 0.6 is 0 Å². The van der Waals surface area contributed by atoms with Gasteiger partial charge in [-0.3, -0.25) is 4.79 Å². The topological polar surface area (TPSA) is 26.3 Å². The molecule has 1 rings (SSSR count). The molecule has 0 spiro atoms. The lowest BCUT2D eigenvalue weighted by Crippen LogP contribution is -2.26. The van der Waals surface area contributed by atoms with Crippen molar-refractivity contribution < 1.29 is 9.53 Å². The molecular weight excluding hydrogens is 128 g/mol. The molecule has 0 radical (unpaired) electrons. The molecule has 0 amide bonds. The Labute approximate surface area is 61.6 Å². The number of carbonyl (C=O) groups excluding carboxylic acids is 1. The quantitative estimate of drug-likeness (QED) is 0.480. The number of carbonyl (C=O) groups is 1. The maximum atomic E-state index is 11.0. The summed E-state index contributed by atoms with van der Waals surface area (Å²) in [6, 6.07) is 0. The summed E-state index contributed by atoms with van der Waals surface area (Å²) in [5, 5.41) is 0. The second-order valence-electron chi connectivity index (χ2n) is 3.62. The van der Waals surface area contributed by atoms with Crippen molar-refractivity contribution in [1.82, 2.24) is 0 Å². The van der Waals surface area contributed by atoms with E-state index in [0.717, 1.165) is 0 Å². The molecule has 0 aliphatic carbocycles. The Kier molecular flexibility index (Phi) is 1.50. The van der Waals surface area contributed by atoms with Gasteiger partial charge in [0.2, 0.25) is 0 Å². The van der Waals surface area contributed by atoms with Crippen LogP contribution in [0.2, 0.25) is 0 Å². The summed E-state index contributed by atoms with van der Waals surface area (Å²) in [6.07, 6.45) is 0.0648. The highest BCUT2D eigenvalue weighted by Gasteiger charge is 2.45. The fourth-order valence-electron chi connectivity index (χ4n) is 1.08. The third-order valence-corrected chi connectivity index (χ3v) is 2.81. The summed E-state index contributed by atoms with van der Waals surface area (Å²) in [5.74, 6) is -0.0139. The Hall–Kier alpha value is -0.530. The zero-order chi connectivity index (χ0) is 7.94. The minimum atomic E-state index is -0.0579. The van der Waals surface area contributed by atoms with Crippen molar-refractivity contribution >= 4 is 5.97 Å². The van der Waals surface area contributed by atoms with Crippen LogP contribution in [0.15, 0.2) is 0 Å². The Balaban J connectivity index is 2.85. The van der Waals surface area contributed by atoms with Gasteiger partial charge in [-0.25, -0.2) is 0 Å². The minimum Gasteiger partial charge on any atom is -0.462 e. The molecule has 2 heteroatoms. The van der Waals surface area contributed by atoms with E-state index in [1.165, 1.54) is 0 Å². The normalized spacial score (nSPS) is 37.8. The standard InChI is InChI=1S/C8H14O2/c1-5-7(9)10-6(2)8(5,3)4/h5-6H,1-4H3. The lowest BCUT2D eigenvalue weighted by Gasteiger charge is -2.23. The van der Waals surface area contributed by atoms with Crippen LogP contribution in [-0.2, 0) is 9.53 Å². The minimum absolute atomic E-state index is 0.0110. The summed E-state index contributed by atoms with van der Waals surface area (Å²) in [4.78, 5) is 11.0. The van der Waals surface area contributed by atoms with Gasteiger partial charge in [-0.15, -0.1) is 0 Å². The van der Waals surface area contributed by atoms with Crippen LogP contribution in [0.5, 0.6) is 0 Å². The first kappa shape index (κ1) is 7.58. The Morgan fingerprint density at radius 3 is 2.00 bits per heavy atom. The number of hydrogen-bond acceptors (Lipinski definition) is 2. The highest BCUT2D eigenvalue weighted by Crippen LogP contribution is 2.39. The van der Waals surface area contributed by atoms with Crippen molar-refractivity contribution in [2.75, 3.05) is 0 Å². The molecule has 10 heavy (non-hydrogen) atoms. The molecule has 2 nitrogen and oxygen atoms in total. The van der Waals surface area contributed by atoms with Gasteiger partial charge in [-0.05, 0) is 6.92 Å². The second kappa shape index (κ2) is 1.97. The van der Waals surface area contributed by atoms with Crippen LogP contribution in [0, 0.1) is 11.3 Å². The van der Waals surface area contributed by atoms with Gasteiger partial charge in [0.05, 0.1) is 5.92 Å². The van der Waals surface area contributed by atoms with Crippen molar-refractivity contribution in [2.24, 2.45) is 11.3 Å². The SMILES string of the molecule is CC1OC(=O)C(C)C1(C)C. The average Bonchev–Trinajstić information content (AvgIpc) is 1.97. The molecule has 1 aliphatic heterocycles. The first-order valence-corrected chi connectivity index (χ1v) is 3.66. The number of rotatable bonds is 0. The maximum Gasteiger partial charge on any atom is 0.309 e. The zero-order valence-electron chi connectivity index (χ0n) is 6.97. The lowest BCUT2D eigenvalue weighted by molar-refractivity contribution is -0.143. The molecule has 0 aromatic heterocycles. The van der Waals surface area contributed by atoms with Crippen molar-refractivity contribution in [3.05, 3.63) is 0 Å². The average molecular weight is 142 g/mol. The molecule has 58 valence electrons. The first-order valence-electron chi connectivity index (χ1n) is 3.66. The van der Waals surface area contributed by atoms with Gasteiger partial charge in [-0.1, -0.05) is 20.8 Å². The van der Waals surface area contributed by atoms with E-state index in [4.69, 9.17) is 4.74 Å². The molecule has 1 fully saturated rings. The fourth-order valence-corrected chi connectivity index (χ4v) is 1.08. The van der Waals surface area contributed by atoms with Gasteiger partial charge in [0.1, 0.15) is 6.10 Å². The molecule has 0 bridgehead atoms. The van der Waals surface area contributed by atoms with Crippen LogP contribution in [0.3, 0.4) is 0 Å². The largest absolute Gasteiger partial charge is 0.462 e. The van der Waals surface area contributed by atoms with Gasteiger partial charge < -0.3 is 4.74 Å². The van der Waals surface area contributed by atoms with Crippen LogP contribution in [0.4, 0.5) is 0 Å². The summed E-state index contributed by atoms with van der Waals surface area (Å²) >= 11 is 0. The Morgan fingerprint density at radius 1 is 1.40 bits per heavy atom. The van der Waals surface area contributed by atoms with Crippen molar-refractivity contribution in [2.45, 2.75) is 33.8 Å². The number of ether oxygens (including phenoxy) is 1. The molecular formula is C8H14O2. The van der Waals surface area contributed by atoms with Gasteiger partial charge in [-0.2, -0.15) is 0 Å². The van der Waals surface area contributed by atoms with Gasteiger partial charge in [0, 0.05) is 5.41 Å². The van der Waals surface area contributed by atoms with E-state index in [0.29, 0.717) is 0 Å². The van der Waals surface area contributed by atoms with Crippen molar-refractivity contribution in [3.63, 3.8) is 0 Å². The van der Waals surface area contributed by atoms with Crippen molar-refractivity contribution in [1.29, 1.82) is 0 Å². The zero-order valence-corrected chi connectivity index (χ0v) is 6.97. The van der Waals surface area contributed by atoms with Crippen LogP contribution in [0.25, 0.3) is 0 Å². The summed E-state index contributed by atoms with van der Waals surface area (Å²) in [6.45, 7) is 7.99. The molecule has 0 aromatic carbocycles. The van der Waals surface area contributed by atoms with Crippen LogP contribution in [0.1, 0.15) is 27.7 Å². The first-order chi connectivity index (χ1) is 4.46. The van der Waals surface area contributed by atoms with E-state index in [1.54, 1.807) is 0 Å². The summed E-state index contributed by atoms with van der Waals surface area (Å²) < 4.78 is 5.05. The third-order valence-electron chi connectivity index (χ3n) is 2.81. The van der Waals surface area contributed by atoms with E-state index >= 15 is 0 Å². The molecule has 0 saturated carbocycles. The van der Waals surface area contributed by atoms with Gasteiger partial charge >= 0.3 is 5.97 Å². The van der Waals surface area contributed by atoms with Gasteiger partial charge in [0.25, 0.3) is 0 Å². The summed E-state index contributed by atoms with van der Waals surface area (Å²) in [7, 11) is 0. The fraction of sp³-hybridized carbons (Fsp3) is 0.875. The second-order valence-corrected chi connectivity index (χ2v) is 3.62.